The predicted octanol–water partition coefficient (Wildman–Crippen LogP) is 2.89. The number of imide groups is 1. The lowest BCUT2D eigenvalue weighted by Gasteiger charge is -2.17. The van der Waals surface area contributed by atoms with E-state index in [1.54, 1.807) is 19.2 Å². The molecule has 4 rings (SSSR count). The van der Waals surface area contributed by atoms with Gasteiger partial charge in [0.15, 0.2) is 6.61 Å². The Labute approximate surface area is 184 Å². The van der Waals surface area contributed by atoms with E-state index in [0.717, 1.165) is 10.5 Å². The maximum Gasteiger partial charge on any atom is 0.338 e. The number of hydrogen-bond donors (Lipinski definition) is 0. The van der Waals surface area contributed by atoms with E-state index in [-0.39, 0.29) is 29.1 Å². The van der Waals surface area contributed by atoms with E-state index in [2.05, 4.69) is 0 Å². The maximum absolute atomic E-state index is 12.7. The lowest BCUT2D eigenvalue weighted by Crippen LogP contribution is -2.30. The molecule has 0 fully saturated rings. The largest absolute Gasteiger partial charge is 0.467 e. The van der Waals surface area contributed by atoms with Gasteiger partial charge < -0.3 is 14.1 Å². The van der Waals surface area contributed by atoms with Crippen molar-refractivity contribution in [1.29, 1.82) is 0 Å². The molecule has 3 aromatic rings. The Morgan fingerprint density at radius 1 is 0.969 bits per heavy atom. The molecule has 0 saturated carbocycles. The van der Waals surface area contributed by atoms with Crippen LogP contribution >= 0.6 is 0 Å². The van der Waals surface area contributed by atoms with Crippen molar-refractivity contribution in [2.45, 2.75) is 13.1 Å². The van der Waals surface area contributed by atoms with E-state index in [9.17, 15) is 19.2 Å². The van der Waals surface area contributed by atoms with Gasteiger partial charge in [-0.3, -0.25) is 19.3 Å². The number of fused-ring (bicyclic) bond motifs is 1. The lowest BCUT2D eigenvalue weighted by molar-refractivity contribution is -0.133. The van der Waals surface area contributed by atoms with Crippen LogP contribution in [0.4, 0.5) is 0 Å². The summed E-state index contributed by atoms with van der Waals surface area (Å²) >= 11 is 0. The van der Waals surface area contributed by atoms with E-state index in [1.807, 2.05) is 30.3 Å². The number of rotatable bonds is 7. The zero-order chi connectivity index (χ0) is 22.7. The SMILES string of the molecule is CN(Cc1ccccc1)C(=O)COC(=O)c1ccc2c(c1)C(=O)N(Cc1ccco1)C2=O. The van der Waals surface area contributed by atoms with E-state index < -0.39 is 24.4 Å². The molecular formula is C24H20N2O6. The van der Waals surface area contributed by atoms with Crippen molar-refractivity contribution in [3.8, 4) is 0 Å². The fourth-order valence-corrected chi connectivity index (χ4v) is 3.39. The normalized spacial score (nSPS) is 12.6. The molecule has 3 amide bonds. The minimum atomic E-state index is -0.751. The number of carbonyl (C=O) groups excluding carboxylic acids is 4. The number of furan rings is 1. The second-order valence-corrected chi connectivity index (χ2v) is 7.35. The molecule has 1 aromatic heterocycles. The van der Waals surface area contributed by atoms with Crippen LogP contribution in [0.2, 0.25) is 0 Å². The first-order chi connectivity index (χ1) is 15.4. The quantitative estimate of drug-likeness (QED) is 0.421. The van der Waals surface area contributed by atoms with Crippen LogP contribution in [0, 0.1) is 0 Å². The van der Waals surface area contributed by atoms with Crippen LogP contribution in [0.25, 0.3) is 0 Å². The number of hydrogen-bond acceptors (Lipinski definition) is 6. The Balaban J connectivity index is 1.38. The third-order valence-electron chi connectivity index (χ3n) is 5.12. The highest BCUT2D eigenvalue weighted by molar-refractivity contribution is 6.21. The zero-order valence-corrected chi connectivity index (χ0v) is 17.3. The molecule has 1 aliphatic heterocycles. The first-order valence-electron chi connectivity index (χ1n) is 9.91. The molecule has 8 heteroatoms. The van der Waals surface area contributed by atoms with Crippen molar-refractivity contribution < 1.29 is 28.3 Å². The molecule has 32 heavy (non-hydrogen) atoms. The Kier molecular flexibility index (Phi) is 5.85. The highest BCUT2D eigenvalue weighted by Gasteiger charge is 2.36. The highest BCUT2D eigenvalue weighted by atomic mass is 16.5. The van der Waals surface area contributed by atoms with Gasteiger partial charge in [0, 0.05) is 13.6 Å². The smallest absolute Gasteiger partial charge is 0.338 e. The molecule has 1 aliphatic rings. The van der Waals surface area contributed by atoms with Gasteiger partial charge in [0.2, 0.25) is 0 Å². The van der Waals surface area contributed by atoms with Gasteiger partial charge in [-0.2, -0.15) is 0 Å². The molecule has 0 atom stereocenters. The van der Waals surface area contributed by atoms with Crippen molar-refractivity contribution >= 4 is 23.7 Å². The van der Waals surface area contributed by atoms with Gasteiger partial charge in [0.25, 0.3) is 17.7 Å². The van der Waals surface area contributed by atoms with Gasteiger partial charge in [0.1, 0.15) is 5.76 Å². The number of esters is 1. The second kappa shape index (κ2) is 8.89. The minimum absolute atomic E-state index is 0.00137. The number of likely N-dealkylation sites (N-methyl/N-ethyl adjacent to an activating group) is 1. The summed E-state index contributed by atoms with van der Waals surface area (Å²) in [6.07, 6.45) is 1.46. The number of benzene rings is 2. The molecule has 162 valence electrons. The molecule has 0 bridgehead atoms. The molecule has 0 N–H and O–H groups in total. The average Bonchev–Trinajstić information content (AvgIpc) is 3.40. The van der Waals surface area contributed by atoms with E-state index in [4.69, 9.17) is 9.15 Å². The van der Waals surface area contributed by atoms with Crippen molar-refractivity contribution in [2.24, 2.45) is 0 Å². The van der Waals surface area contributed by atoms with Gasteiger partial charge >= 0.3 is 5.97 Å². The molecule has 2 aromatic carbocycles. The summed E-state index contributed by atoms with van der Waals surface area (Å²) < 4.78 is 10.3. The van der Waals surface area contributed by atoms with Crippen LogP contribution in [0.15, 0.2) is 71.3 Å². The third-order valence-corrected chi connectivity index (χ3v) is 5.12. The zero-order valence-electron chi connectivity index (χ0n) is 17.3. The number of carbonyl (C=O) groups is 4. The summed E-state index contributed by atoms with van der Waals surface area (Å²) in [6, 6.07) is 16.9. The summed E-state index contributed by atoms with van der Waals surface area (Å²) in [6.45, 7) is -0.0453. The summed E-state index contributed by atoms with van der Waals surface area (Å²) in [5, 5.41) is 0. The molecule has 2 heterocycles. The first kappa shape index (κ1) is 21.0. The molecule has 0 saturated heterocycles. The minimum Gasteiger partial charge on any atom is -0.467 e. The molecule has 0 radical (unpaired) electrons. The maximum atomic E-state index is 12.7. The van der Waals surface area contributed by atoms with Crippen LogP contribution in [-0.4, -0.2) is 47.1 Å². The van der Waals surface area contributed by atoms with Crippen molar-refractivity contribution in [3.05, 3.63) is 94.9 Å². The summed E-state index contributed by atoms with van der Waals surface area (Å²) in [7, 11) is 1.62. The van der Waals surface area contributed by atoms with Gasteiger partial charge in [0.05, 0.1) is 29.5 Å². The highest BCUT2D eigenvalue weighted by Crippen LogP contribution is 2.26. The topological polar surface area (TPSA) is 97.1 Å². The Morgan fingerprint density at radius 3 is 2.44 bits per heavy atom. The summed E-state index contributed by atoms with van der Waals surface area (Å²) in [4.78, 5) is 52.5. The van der Waals surface area contributed by atoms with Crippen LogP contribution in [0.3, 0.4) is 0 Å². The standard InChI is InChI=1S/C24H20N2O6/c1-25(13-16-6-3-2-4-7-16)21(27)15-32-24(30)17-9-10-19-20(12-17)23(29)26(22(19)28)14-18-8-5-11-31-18/h2-12H,13-15H2,1H3. The summed E-state index contributed by atoms with van der Waals surface area (Å²) in [5.74, 6) is -1.62. The van der Waals surface area contributed by atoms with Gasteiger partial charge in [-0.15, -0.1) is 0 Å². The molecule has 8 nitrogen and oxygen atoms in total. The number of nitrogens with zero attached hydrogens (tertiary/aromatic N) is 2. The Bertz CT molecular complexity index is 1170. The van der Waals surface area contributed by atoms with Gasteiger partial charge in [-0.1, -0.05) is 30.3 Å². The Morgan fingerprint density at radius 2 is 1.72 bits per heavy atom. The van der Waals surface area contributed by atoms with Crippen molar-refractivity contribution in [3.63, 3.8) is 0 Å². The third kappa shape index (κ3) is 4.29. The first-order valence-corrected chi connectivity index (χ1v) is 9.91. The number of amides is 3. The average molecular weight is 432 g/mol. The van der Waals surface area contributed by atoms with Crippen molar-refractivity contribution in [1.82, 2.24) is 9.80 Å². The van der Waals surface area contributed by atoms with Crippen LogP contribution in [-0.2, 0) is 22.6 Å². The molecular weight excluding hydrogens is 412 g/mol. The van der Waals surface area contributed by atoms with Crippen molar-refractivity contribution in [2.75, 3.05) is 13.7 Å². The number of ether oxygens (including phenoxy) is 1. The second-order valence-electron chi connectivity index (χ2n) is 7.35. The van der Waals surface area contributed by atoms with Crippen LogP contribution in [0.5, 0.6) is 0 Å². The van der Waals surface area contributed by atoms with Crippen LogP contribution < -0.4 is 0 Å². The lowest BCUT2D eigenvalue weighted by atomic mass is 10.1. The van der Waals surface area contributed by atoms with E-state index in [0.29, 0.717) is 12.3 Å². The fourth-order valence-electron chi connectivity index (χ4n) is 3.39. The molecule has 0 unspecified atom stereocenters. The van der Waals surface area contributed by atoms with E-state index >= 15 is 0 Å². The predicted molar refractivity (Wildman–Crippen MR) is 113 cm³/mol. The Hall–Kier alpha value is -4.20. The van der Waals surface area contributed by atoms with Gasteiger partial charge in [-0.05, 0) is 35.9 Å². The fraction of sp³-hybridized carbons (Fsp3) is 0.167. The molecule has 0 aliphatic carbocycles. The monoisotopic (exact) mass is 432 g/mol. The van der Waals surface area contributed by atoms with E-state index in [1.165, 1.54) is 29.4 Å². The summed E-state index contributed by atoms with van der Waals surface area (Å²) in [5.41, 5.74) is 1.36. The van der Waals surface area contributed by atoms with Gasteiger partial charge in [-0.25, -0.2) is 4.79 Å². The van der Waals surface area contributed by atoms with Crippen LogP contribution in [0.1, 0.15) is 42.4 Å². The molecule has 0 spiro atoms.